The number of esters is 1. The van der Waals surface area contributed by atoms with Crippen molar-refractivity contribution in [3.8, 4) is 0 Å². The van der Waals surface area contributed by atoms with Crippen LogP contribution in [0.1, 0.15) is 18.1 Å². The highest BCUT2D eigenvalue weighted by molar-refractivity contribution is 5.67. The topological polar surface area (TPSA) is 94.4 Å². The van der Waals surface area contributed by atoms with Crippen molar-refractivity contribution in [3.05, 3.63) is 57.8 Å². The van der Waals surface area contributed by atoms with Crippen LogP contribution in [0.4, 0.5) is 17.2 Å². The van der Waals surface area contributed by atoms with Crippen LogP contribution in [0.2, 0.25) is 0 Å². The Hall–Kier alpha value is -2.96. The van der Waals surface area contributed by atoms with Crippen molar-refractivity contribution in [2.75, 3.05) is 5.32 Å². The van der Waals surface area contributed by atoms with Gasteiger partial charge in [-0.3, -0.25) is 14.9 Å². The second kappa shape index (κ2) is 6.66. The third kappa shape index (κ3) is 4.02. The van der Waals surface area contributed by atoms with Gasteiger partial charge in [-0.1, -0.05) is 12.1 Å². The second-order valence-corrected chi connectivity index (χ2v) is 4.74. The molecule has 22 heavy (non-hydrogen) atoms. The average Bonchev–Trinajstić information content (AvgIpc) is 2.48. The zero-order valence-electron chi connectivity index (χ0n) is 12.2. The van der Waals surface area contributed by atoms with Crippen LogP contribution in [-0.2, 0) is 16.1 Å². The quantitative estimate of drug-likeness (QED) is 0.518. The number of benzene rings is 1. The number of nitrogens with zero attached hydrogens (tertiary/aromatic N) is 2. The highest BCUT2D eigenvalue weighted by Crippen LogP contribution is 2.26. The van der Waals surface area contributed by atoms with Crippen LogP contribution in [0, 0.1) is 17.0 Å². The summed E-state index contributed by atoms with van der Waals surface area (Å²) in [4.78, 5) is 25.4. The van der Waals surface area contributed by atoms with Crippen LogP contribution < -0.4 is 5.32 Å². The van der Waals surface area contributed by atoms with E-state index in [1.54, 1.807) is 37.4 Å². The van der Waals surface area contributed by atoms with E-state index in [0.29, 0.717) is 11.3 Å². The van der Waals surface area contributed by atoms with Crippen LogP contribution in [0.3, 0.4) is 0 Å². The molecule has 0 fully saturated rings. The lowest BCUT2D eigenvalue weighted by molar-refractivity contribution is -0.384. The Kier molecular flexibility index (Phi) is 4.67. The highest BCUT2D eigenvalue weighted by atomic mass is 16.6. The molecule has 0 radical (unpaired) electrons. The largest absolute Gasteiger partial charge is 0.461 e. The number of carbonyl (C=O) groups is 1. The maximum atomic E-state index is 11.0. The summed E-state index contributed by atoms with van der Waals surface area (Å²) in [5.41, 5.74) is 2.12. The Balaban J connectivity index is 2.14. The van der Waals surface area contributed by atoms with E-state index in [2.05, 4.69) is 10.3 Å². The number of aromatic nitrogens is 1. The highest BCUT2D eigenvalue weighted by Gasteiger charge is 2.15. The minimum Gasteiger partial charge on any atom is -0.461 e. The van der Waals surface area contributed by atoms with Gasteiger partial charge in [0, 0.05) is 24.9 Å². The molecule has 0 saturated carbocycles. The lowest BCUT2D eigenvalue weighted by Crippen LogP contribution is -2.01. The van der Waals surface area contributed by atoms with Gasteiger partial charge in [-0.05, 0) is 30.2 Å². The van der Waals surface area contributed by atoms with E-state index in [1.807, 2.05) is 0 Å². The molecule has 114 valence electrons. The molecule has 1 N–H and O–H groups in total. The number of ether oxygens (including phenoxy) is 1. The number of nitrogens with one attached hydrogen (secondary N) is 1. The van der Waals surface area contributed by atoms with E-state index in [9.17, 15) is 14.9 Å². The maximum Gasteiger partial charge on any atom is 0.311 e. The van der Waals surface area contributed by atoms with Crippen molar-refractivity contribution in [2.45, 2.75) is 20.5 Å². The molecule has 0 spiro atoms. The SMILES string of the molecule is CC(=O)OCc1ccc(Nc2ncc(C)cc2[N+](=O)[O-])cc1. The monoisotopic (exact) mass is 301 g/mol. The van der Waals surface area contributed by atoms with E-state index in [0.717, 1.165) is 5.56 Å². The van der Waals surface area contributed by atoms with Gasteiger partial charge in [-0.2, -0.15) is 0 Å². The van der Waals surface area contributed by atoms with Gasteiger partial charge in [-0.15, -0.1) is 0 Å². The molecule has 0 bridgehead atoms. The molecule has 1 heterocycles. The van der Waals surface area contributed by atoms with Crippen LogP contribution in [0.5, 0.6) is 0 Å². The Morgan fingerprint density at radius 2 is 2.05 bits per heavy atom. The molecule has 7 nitrogen and oxygen atoms in total. The van der Waals surface area contributed by atoms with Crippen LogP contribution >= 0.6 is 0 Å². The smallest absolute Gasteiger partial charge is 0.311 e. The number of carbonyl (C=O) groups excluding carboxylic acids is 1. The van der Waals surface area contributed by atoms with Gasteiger partial charge in [0.2, 0.25) is 5.82 Å². The van der Waals surface area contributed by atoms with Gasteiger partial charge < -0.3 is 10.1 Å². The zero-order chi connectivity index (χ0) is 16.1. The Labute approximate surface area is 127 Å². The minimum absolute atomic E-state index is 0.0796. The predicted molar refractivity (Wildman–Crippen MR) is 80.8 cm³/mol. The second-order valence-electron chi connectivity index (χ2n) is 4.74. The molecular weight excluding hydrogens is 286 g/mol. The number of pyridine rings is 1. The fourth-order valence-electron chi connectivity index (χ4n) is 1.80. The van der Waals surface area contributed by atoms with E-state index >= 15 is 0 Å². The first-order valence-corrected chi connectivity index (χ1v) is 6.56. The average molecular weight is 301 g/mol. The molecule has 7 heteroatoms. The van der Waals surface area contributed by atoms with Crippen molar-refractivity contribution in [1.82, 2.24) is 4.98 Å². The standard InChI is InChI=1S/C15H15N3O4/c1-10-7-14(18(20)21)15(16-8-10)17-13-5-3-12(4-6-13)9-22-11(2)19/h3-8H,9H2,1-2H3,(H,16,17). The van der Waals surface area contributed by atoms with Crippen LogP contribution in [0.25, 0.3) is 0 Å². The van der Waals surface area contributed by atoms with Gasteiger partial charge in [0.1, 0.15) is 6.61 Å². The van der Waals surface area contributed by atoms with Gasteiger partial charge in [0.25, 0.3) is 0 Å². The molecule has 0 atom stereocenters. The molecule has 1 aromatic carbocycles. The zero-order valence-corrected chi connectivity index (χ0v) is 12.2. The first-order valence-electron chi connectivity index (χ1n) is 6.56. The Morgan fingerprint density at radius 3 is 2.64 bits per heavy atom. The van der Waals surface area contributed by atoms with Crippen molar-refractivity contribution in [1.29, 1.82) is 0 Å². The van der Waals surface area contributed by atoms with Crippen LogP contribution in [-0.4, -0.2) is 15.9 Å². The van der Waals surface area contributed by atoms with Crippen molar-refractivity contribution in [3.63, 3.8) is 0 Å². The van der Waals surface area contributed by atoms with E-state index in [-0.39, 0.29) is 24.1 Å². The van der Waals surface area contributed by atoms with Gasteiger partial charge >= 0.3 is 11.7 Å². The summed E-state index contributed by atoms with van der Waals surface area (Å²) in [5, 5.41) is 14.0. The number of hydrogen-bond donors (Lipinski definition) is 1. The maximum absolute atomic E-state index is 11.0. The summed E-state index contributed by atoms with van der Waals surface area (Å²) < 4.78 is 4.89. The summed E-state index contributed by atoms with van der Waals surface area (Å²) in [5.74, 6) is -0.162. The van der Waals surface area contributed by atoms with Gasteiger partial charge in [0.05, 0.1) is 4.92 Å². The Bertz CT molecular complexity index is 698. The fraction of sp³-hybridized carbons (Fsp3) is 0.200. The molecule has 0 saturated heterocycles. The lowest BCUT2D eigenvalue weighted by Gasteiger charge is -2.08. The summed E-state index contributed by atoms with van der Waals surface area (Å²) in [7, 11) is 0. The third-order valence-electron chi connectivity index (χ3n) is 2.86. The molecule has 2 rings (SSSR count). The molecule has 0 aliphatic rings. The number of aryl methyl sites for hydroxylation is 1. The molecule has 0 aliphatic heterocycles. The predicted octanol–water partition coefficient (Wildman–Crippen LogP) is 3.10. The van der Waals surface area contributed by atoms with Gasteiger partial charge in [0.15, 0.2) is 0 Å². The first kappa shape index (κ1) is 15.4. The molecular formula is C15H15N3O4. The fourth-order valence-corrected chi connectivity index (χ4v) is 1.80. The molecule has 1 aromatic heterocycles. The number of nitro groups is 1. The Morgan fingerprint density at radius 1 is 1.36 bits per heavy atom. The minimum atomic E-state index is -0.475. The molecule has 0 amide bonds. The molecule has 0 unspecified atom stereocenters. The normalized spacial score (nSPS) is 10.1. The number of rotatable bonds is 5. The summed E-state index contributed by atoms with van der Waals surface area (Å²) >= 11 is 0. The summed E-state index contributed by atoms with van der Waals surface area (Å²) in [6.07, 6.45) is 1.56. The van der Waals surface area contributed by atoms with E-state index < -0.39 is 4.92 Å². The number of anilines is 2. The van der Waals surface area contributed by atoms with Gasteiger partial charge in [-0.25, -0.2) is 4.98 Å². The van der Waals surface area contributed by atoms with E-state index in [1.165, 1.54) is 13.0 Å². The first-order chi connectivity index (χ1) is 10.5. The number of hydrogen-bond acceptors (Lipinski definition) is 6. The molecule has 2 aromatic rings. The lowest BCUT2D eigenvalue weighted by atomic mass is 10.2. The van der Waals surface area contributed by atoms with Crippen molar-refractivity contribution >= 4 is 23.2 Å². The third-order valence-corrected chi connectivity index (χ3v) is 2.86. The van der Waals surface area contributed by atoms with Crippen LogP contribution in [0.15, 0.2) is 36.5 Å². The van der Waals surface area contributed by atoms with Crippen molar-refractivity contribution in [2.24, 2.45) is 0 Å². The van der Waals surface area contributed by atoms with Crippen molar-refractivity contribution < 1.29 is 14.5 Å². The molecule has 0 aliphatic carbocycles. The van der Waals surface area contributed by atoms with E-state index in [4.69, 9.17) is 4.74 Å². The summed E-state index contributed by atoms with van der Waals surface area (Å²) in [6.45, 7) is 3.28. The summed E-state index contributed by atoms with van der Waals surface area (Å²) in [6, 6.07) is 8.48.